The van der Waals surface area contributed by atoms with Gasteiger partial charge in [-0.25, -0.2) is 0 Å². The minimum Gasteiger partial charge on any atom is -0.472 e. The Bertz CT molecular complexity index is 531. The van der Waals surface area contributed by atoms with Crippen molar-refractivity contribution in [2.24, 2.45) is 5.41 Å². The summed E-state index contributed by atoms with van der Waals surface area (Å²) < 4.78 is 17.1. The highest BCUT2D eigenvalue weighted by atomic mass is 16.5. The topological polar surface area (TPSA) is 55.2 Å². The van der Waals surface area contributed by atoms with Crippen molar-refractivity contribution >= 4 is 5.91 Å². The van der Waals surface area contributed by atoms with Crippen LogP contribution in [0.4, 0.5) is 0 Å². The number of rotatable bonds is 6. The van der Waals surface area contributed by atoms with Gasteiger partial charge in [-0.3, -0.25) is 4.79 Å². The van der Waals surface area contributed by atoms with Gasteiger partial charge in [0.1, 0.15) is 6.26 Å². The van der Waals surface area contributed by atoms with Gasteiger partial charge in [0.05, 0.1) is 31.1 Å². The third-order valence-electron chi connectivity index (χ3n) is 5.12. The molecule has 2 aliphatic rings. The molecule has 1 aromatic heterocycles. The highest BCUT2D eigenvalue weighted by Gasteiger charge is 2.47. The molecule has 2 saturated heterocycles. The lowest BCUT2D eigenvalue weighted by Gasteiger charge is -2.50. The van der Waals surface area contributed by atoms with E-state index >= 15 is 0 Å². The molecule has 2 fully saturated rings. The zero-order valence-corrected chi connectivity index (χ0v) is 14.7. The Morgan fingerprint density at radius 1 is 1.50 bits per heavy atom. The summed E-state index contributed by atoms with van der Waals surface area (Å²) in [7, 11) is 4.08. The van der Waals surface area contributed by atoms with Crippen LogP contribution in [0.5, 0.6) is 0 Å². The van der Waals surface area contributed by atoms with Crippen LogP contribution in [0.25, 0.3) is 0 Å². The lowest BCUT2D eigenvalue weighted by molar-refractivity contribution is -0.147. The quantitative estimate of drug-likeness (QED) is 0.742. The molecule has 6 nitrogen and oxygen atoms in total. The Hall–Kier alpha value is -1.37. The number of likely N-dealkylation sites (tertiary alicyclic amines) is 1. The first-order valence-electron chi connectivity index (χ1n) is 8.76. The number of carbonyl (C=O) groups is 1. The fourth-order valence-corrected chi connectivity index (χ4v) is 3.77. The average molecular weight is 336 g/mol. The standard InChI is InChI=1S/C18H28N2O4/c1-19(2)8-11-23-14-18-6-3-9-24-16(18)4-7-20(13-18)17(21)15-5-10-22-12-15/h5,10,12,16H,3-4,6-9,11,13-14H2,1-2H3/t16-,18+/m0/s1. The maximum atomic E-state index is 12.7. The maximum absolute atomic E-state index is 12.7. The number of hydrogen-bond acceptors (Lipinski definition) is 5. The Morgan fingerprint density at radius 3 is 3.12 bits per heavy atom. The third-order valence-corrected chi connectivity index (χ3v) is 5.12. The van der Waals surface area contributed by atoms with Gasteiger partial charge < -0.3 is 23.7 Å². The van der Waals surface area contributed by atoms with Crippen LogP contribution >= 0.6 is 0 Å². The first kappa shape index (κ1) is 17.5. The summed E-state index contributed by atoms with van der Waals surface area (Å²) in [6.07, 6.45) is 6.21. The number of nitrogens with zero attached hydrogens (tertiary/aromatic N) is 2. The smallest absolute Gasteiger partial charge is 0.257 e. The predicted octanol–water partition coefficient (Wildman–Crippen LogP) is 1.87. The summed E-state index contributed by atoms with van der Waals surface area (Å²) in [4.78, 5) is 16.7. The number of hydrogen-bond donors (Lipinski definition) is 0. The number of piperidine rings is 1. The van der Waals surface area contributed by atoms with E-state index in [9.17, 15) is 4.79 Å². The monoisotopic (exact) mass is 336 g/mol. The van der Waals surface area contributed by atoms with E-state index < -0.39 is 0 Å². The van der Waals surface area contributed by atoms with Crippen LogP contribution in [0.1, 0.15) is 29.6 Å². The first-order chi connectivity index (χ1) is 11.6. The second-order valence-corrected chi connectivity index (χ2v) is 7.21. The van der Waals surface area contributed by atoms with Gasteiger partial charge in [-0.15, -0.1) is 0 Å². The van der Waals surface area contributed by atoms with Gasteiger partial charge in [0.25, 0.3) is 5.91 Å². The SMILES string of the molecule is CN(C)CCOC[C@]12CCCO[C@H]1CCN(C(=O)c1ccoc1)C2. The van der Waals surface area contributed by atoms with Gasteiger partial charge in [-0.2, -0.15) is 0 Å². The predicted molar refractivity (Wildman–Crippen MR) is 90.0 cm³/mol. The number of amides is 1. The van der Waals surface area contributed by atoms with E-state index in [0.29, 0.717) is 25.3 Å². The second-order valence-electron chi connectivity index (χ2n) is 7.21. The fourth-order valence-electron chi connectivity index (χ4n) is 3.77. The summed E-state index contributed by atoms with van der Waals surface area (Å²) in [6.45, 7) is 4.51. The molecule has 6 heteroatoms. The Balaban J connectivity index is 1.66. The van der Waals surface area contributed by atoms with Crippen molar-refractivity contribution in [3.63, 3.8) is 0 Å². The van der Waals surface area contributed by atoms with Gasteiger partial charge in [0, 0.05) is 31.7 Å². The molecule has 2 aliphatic heterocycles. The normalized spacial score (nSPS) is 27.3. The number of fused-ring (bicyclic) bond motifs is 1. The van der Waals surface area contributed by atoms with Gasteiger partial charge in [-0.05, 0) is 39.4 Å². The zero-order valence-electron chi connectivity index (χ0n) is 14.7. The molecule has 0 aromatic carbocycles. The van der Waals surface area contributed by atoms with Crippen molar-refractivity contribution in [1.29, 1.82) is 0 Å². The minimum absolute atomic E-state index is 0.0421. The lowest BCUT2D eigenvalue weighted by atomic mass is 9.73. The van der Waals surface area contributed by atoms with Gasteiger partial charge >= 0.3 is 0 Å². The number of carbonyl (C=O) groups excluding carboxylic acids is 1. The summed E-state index contributed by atoms with van der Waals surface area (Å²) in [5.41, 5.74) is 0.538. The van der Waals surface area contributed by atoms with Crippen molar-refractivity contribution in [2.75, 3.05) is 53.6 Å². The summed E-state index contributed by atoms with van der Waals surface area (Å²) in [6, 6.07) is 1.73. The molecular weight excluding hydrogens is 308 g/mol. The molecule has 0 aliphatic carbocycles. The molecule has 1 amide bonds. The summed E-state index contributed by atoms with van der Waals surface area (Å²) in [5.74, 6) is 0.0421. The molecule has 2 atom stereocenters. The van der Waals surface area contributed by atoms with Crippen molar-refractivity contribution in [3.8, 4) is 0 Å². The largest absolute Gasteiger partial charge is 0.472 e. The van der Waals surface area contributed by atoms with Crippen LogP contribution in [-0.4, -0.2) is 75.4 Å². The Kier molecular flexibility index (Phi) is 5.58. The molecule has 1 aromatic rings. The molecule has 0 bridgehead atoms. The number of ether oxygens (including phenoxy) is 2. The van der Waals surface area contributed by atoms with Crippen molar-refractivity contribution in [1.82, 2.24) is 9.80 Å². The molecule has 0 unspecified atom stereocenters. The van der Waals surface area contributed by atoms with E-state index in [-0.39, 0.29) is 17.4 Å². The van der Waals surface area contributed by atoms with Gasteiger partial charge in [0.2, 0.25) is 0 Å². The highest BCUT2D eigenvalue weighted by Crippen LogP contribution is 2.40. The zero-order chi connectivity index (χ0) is 17.0. The average Bonchev–Trinajstić information content (AvgIpc) is 3.12. The van der Waals surface area contributed by atoms with Crippen LogP contribution in [0.2, 0.25) is 0 Å². The van der Waals surface area contributed by atoms with Crippen LogP contribution < -0.4 is 0 Å². The first-order valence-corrected chi connectivity index (χ1v) is 8.76. The van der Waals surface area contributed by atoms with Crippen molar-refractivity contribution < 1.29 is 18.7 Å². The molecule has 0 spiro atoms. The molecular formula is C18H28N2O4. The Morgan fingerprint density at radius 2 is 2.38 bits per heavy atom. The molecule has 3 rings (SSSR count). The maximum Gasteiger partial charge on any atom is 0.257 e. The molecule has 134 valence electrons. The van der Waals surface area contributed by atoms with E-state index in [1.807, 2.05) is 19.0 Å². The highest BCUT2D eigenvalue weighted by molar-refractivity contribution is 5.93. The minimum atomic E-state index is -0.0811. The third kappa shape index (κ3) is 3.82. The van der Waals surface area contributed by atoms with E-state index in [2.05, 4.69) is 4.90 Å². The molecule has 0 N–H and O–H groups in total. The van der Waals surface area contributed by atoms with Gasteiger partial charge in [0.15, 0.2) is 0 Å². The molecule has 0 radical (unpaired) electrons. The number of furan rings is 1. The van der Waals surface area contributed by atoms with E-state index in [0.717, 1.165) is 39.0 Å². The van der Waals surface area contributed by atoms with Crippen molar-refractivity contribution in [2.45, 2.75) is 25.4 Å². The summed E-state index contributed by atoms with van der Waals surface area (Å²) in [5, 5.41) is 0. The van der Waals surface area contributed by atoms with Crippen LogP contribution in [-0.2, 0) is 9.47 Å². The van der Waals surface area contributed by atoms with Crippen LogP contribution in [0, 0.1) is 5.41 Å². The molecule has 24 heavy (non-hydrogen) atoms. The van der Waals surface area contributed by atoms with Gasteiger partial charge in [-0.1, -0.05) is 0 Å². The van der Waals surface area contributed by atoms with E-state index in [4.69, 9.17) is 13.9 Å². The van der Waals surface area contributed by atoms with Crippen molar-refractivity contribution in [3.05, 3.63) is 24.2 Å². The second kappa shape index (κ2) is 7.68. The lowest BCUT2D eigenvalue weighted by Crippen LogP contribution is -2.58. The number of likely N-dealkylation sites (N-methyl/N-ethyl adjacent to an activating group) is 1. The molecule has 3 heterocycles. The molecule has 0 saturated carbocycles. The Labute approximate surface area is 143 Å². The van der Waals surface area contributed by atoms with Crippen LogP contribution in [0.15, 0.2) is 23.0 Å². The summed E-state index contributed by atoms with van der Waals surface area (Å²) >= 11 is 0. The van der Waals surface area contributed by atoms with Crippen LogP contribution in [0.3, 0.4) is 0 Å². The fraction of sp³-hybridized carbons (Fsp3) is 0.722. The van der Waals surface area contributed by atoms with E-state index in [1.54, 1.807) is 12.3 Å². The van der Waals surface area contributed by atoms with E-state index in [1.165, 1.54) is 6.26 Å².